The van der Waals surface area contributed by atoms with Gasteiger partial charge in [0.1, 0.15) is 6.54 Å². The van der Waals surface area contributed by atoms with Crippen LogP contribution in [0.4, 0.5) is 5.69 Å². The van der Waals surface area contributed by atoms with Crippen molar-refractivity contribution in [1.82, 2.24) is 9.78 Å². The molecule has 0 unspecified atom stereocenters. The van der Waals surface area contributed by atoms with Gasteiger partial charge in [-0.25, -0.2) is 9.48 Å². The number of rotatable bonds is 4. The van der Waals surface area contributed by atoms with Crippen LogP contribution in [0.2, 0.25) is 0 Å². The molecule has 0 atom stereocenters. The first-order valence-electron chi connectivity index (χ1n) is 7.94. The highest BCUT2D eigenvalue weighted by atomic mass is 16.5. The van der Waals surface area contributed by atoms with Crippen LogP contribution in [0.15, 0.2) is 53.5 Å². The molecule has 1 heterocycles. The smallest absolute Gasteiger partial charge is 0.338 e. The number of aromatic nitrogens is 2. The number of carbonyl (C=O) groups is 2. The van der Waals surface area contributed by atoms with Gasteiger partial charge in [0, 0.05) is 11.1 Å². The van der Waals surface area contributed by atoms with Crippen molar-refractivity contribution in [3.05, 3.63) is 70.1 Å². The number of hydrogen-bond donors (Lipinski definition) is 1. The van der Waals surface area contributed by atoms with Gasteiger partial charge in [-0.15, -0.1) is 0 Å². The lowest BCUT2D eigenvalue weighted by Gasteiger charge is -2.12. The van der Waals surface area contributed by atoms with Crippen molar-refractivity contribution in [1.29, 1.82) is 0 Å². The Kier molecular flexibility index (Phi) is 4.79. The van der Waals surface area contributed by atoms with Gasteiger partial charge in [-0.1, -0.05) is 24.3 Å². The number of nitrogens with zero attached hydrogens (tertiary/aromatic N) is 2. The summed E-state index contributed by atoms with van der Waals surface area (Å²) < 4.78 is 5.83. The number of hydrogen-bond acceptors (Lipinski definition) is 5. The fourth-order valence-corrected chi connectivity index (χ4v) is 2.67. The Balaban J connectivity index is 1.83. The van der Waals surface area contributed by atoms with Crippen LogP contribution in [0, 0.1) is 6.92 Å². The second-order valence-electron chi connectivity index (χ2n) is 5.71. The highest BCUT2D eigenvalue weighted by molar-refractivity contribution is 5.96. The van der Waals surface area contributed by atoms with Crippen molar-refractivity contribution in [3.63, 3.8) is 0 Å². The number of amides is 1. The molecule has 2 aromatic carbocycles. The molecule has 7 nitrogen and oxygen atoms in total. The number of methoxy groups -OCH3 is 1. The van der Waals surface area contributed by atoms with Crippen molar-refractivity contribution in [2.24, 2.45) is 0 Å². The first kappa shape index (κ1) is 17.3. The predicted molar refractivity (Wildman–Crippen MR) is 97.2 cm³/mol. The van der Waals surface area contributed by atoms with E-state index in [1.807, 2.05) is 6.07 Å². The van der Waals surface area contributed by atoms with Crippen molar-refractivity contribution >= 4 is 28.3 Å². The van der Waals surface area contributed by atoms with E-state index in [4.69, 9.17) is 4.74 Å². The van der Waals surface area contributed by atoms with Crippen LogP contribution in [0.25, 0.3) is 10.8 Å². The summed E-state index contributed by atoms with van der Waals surface area (Å²) in [6.07, 6.45) is 1.55. The Hall–Kier alpha value is -3.48. The lowest BCUT2D eigenvalue weighted by molar-refractivity contribution is -0.117. The minimum absolute atomic E-state index is 0.231. The summed E-state index contributed by atoms with van der Waals surface area (Å²) >= 11 is 0. The summed E-state index contributed by atoms with van der Waals surface area (Å²) in [4.78, 5) is 36.5. The van der Waals surface area contributed by atoms with Gasteiger partial charge in [-0.2, -0.15) is 5.10 Å². The van der Waals surface area contributed by atoms with E-state index < -0.39 is 11.9 Å². The molecule has 0 aliphatic heterocycles. The van der Waals surface area contributed by atoms with Crippen LogP contribution in [0.1, 0.15) is 15.9 Å². The number of nitrogens with one attached hydrogen (secondary N) is 1. The first-order valence-corrected chi connectivity index (χ1v) is 7.94. The molecule has 1 N–H and O–H groups in total. The molecule has 0 aliphatic rings. The molecule has 26 heavy (non-hydrogen) atoms. The zero-order chi connectivity index (χ0) is 18.7. The van der Waals surface area contributed by atoms with E-state index in [1.54, 1.807) is 49.5 Å². The topological polar surface area (TPSA) is 90.3 Å². The Labute approximate surface area is 149 Å². The molecule has 0 saturated heterocycles. The third-order valence-corrected chi connectivity index (χ3v) is 4.07. The molecule has 3 rings (SSSR count). The van der Waals surface area contributed by atoms with E-state index in [9.17, 15) is 14.4 Å². The average Bonchev–Trinajstić information content (AvgIpc) is 2.65. The molecular formula is C19H17N3O4. The minimum Gasteiger partial charge on any atom is -0.465 e. The summed E-state index contributed by atoms with van der Waals surface area (Å²) in [5.74, 6) is -0.897. The first-order chi connectivity index (χ1) is 12.5. The quantitative estimate of drug-likeness (QED) is 0.727. The van der Waals surface area contributed by atoms with Crippen LogP contribution < -0.4 is 10.9 Å². The largest absolute Gasteiger partial charge is 0.465 e. The normalized spacial score (nSPS) is 10.5. The number of ether oxygens (including phenoxy) is 1. The number of anilines is 1. The zero-order valence-electron chi connectivity index (χ0n) is 14.4. The summed E-state index contributed by atoms with van der Waals surface area (Å²) in [6.45, 7) is 1.48. The minimum atomic E-state index is -0.481. The Morgan fingerprint density at radius 3 is 2.69 bits per heavy atom. The highest BCUT2D eigenvalue weighted by Gasteiger charge is 2.14. The predicted octanol–water partition coefficient (Wildman–Crippen LogP) is 2.13. The second kappa shape index (κ2) is 7.18. The molecule has 3 aromatic rings. The monoisotopic (exact) mass is 351 g/mol. The van der Waals surface area contributed by atoms with Gasteiger partial charge in [0.15, 0.2) is 0 Å². The summed E-state index contributed by atoms with van der Waals surface area (Å²) in [5.41, 5.74) is 1.10. The number of esters is 1. The van der Waals surface area contributed by atoms with Gasteiger partial charge >= 0.3 is 5.97 Å². The van der Waals surface area contributed by atoms with E-state index in [0.29, 0.717) is 22.2 Å². The number of carbonyl (C=O) groups excluding carboxylic acids is 2. The highest BCUT2D eigenvalue weighted by Crippen LogP contribution is 2.19. The van der Waals surface area contributed by atoms with E-state index in [-0.39, 0.29) is 12.1 Å². The van der Waals surface area contributed by atoms with E-state index in [2.05, 4.69) is 10.4 Å². The van der Waals surface area contributed by atoms with Gasteiger partial charge in [0.05, 0.1) is 24.3 Å². The number of benzene rings is 2. The maximum absolute atomic E-state index is 12.4. The molecule has 0 radical (unpaired) electrons. The van der Waals surface area contributed by atoms with Gasteiger partial charge in [-0.05, 0) is 30.7 Å². The average molecular weight is 351 g/mol. The molecule has 0 fully saturated rings. The van der Waals surface area contributed by atoms with Crippen molar-refractivity contribution in [3.8, 4) is 0 Å². The summed E-state index contributed by atoms with van der Waals surface area (Å²) in [6, 6.07) is 12.0. The van der Waals surface area contributed by atoms with E-state index >= 15 is 0 Å². The van der Waals surface area contributed by atoms with Crippen molar-refractivity contribution in [2.45, 2.75) is 13.5 Å². The Morgan fingerprint density at radius 1 is 1.15 bits per heavy atom. The SMILES string of the molecule is COC(=O)c1cccc(NC(=O)Cn2ncc3ccccc3c2=O)c1C. The molecular weight excluding hydrogens is 334 g/mol. The summed E-state index contributed by atoms with van der Waals surface area (Å²) in [5, 5.41) is 7.96. The molecule has 1 amide bonds. The standard InChI is InChI=1S/C19H17N3O4/c1-12-14(19(25)26-2)8-5-9-16(12)21-17(23)11-22-18(24)15-7-4-3-6-13(15)10-20-22/h3-10H,11H2,1-2H3,(H,21,23). The fraction of sp³-hybridized carbons (Fsp3) is 0.158. The zero-order valence-corrected chi connectivity index (χ0v) is 14.4. The third kappa shape index (κ3) is 3.32. The molecule has 0 spiro atoms. The van der Waals surface area contributed by atoms with Crippen LogP contribution in [0.3, 0.4) is 0 Å². The molecule has 1 aromatic heterocycles. The van der Waals surface area contributed by atoms with Gasteiger partial charge < -0.3 is 10.1 Å². The molecule has 0 bridgehead atoms. The molecule has 7 heteroatoms. The van der Waals surface area contributed by atoms with Crippen LogP contribution in [-0.2, 0) is 16.1 Å². The molecule has 0 aliphatic carbocycles. The van der Waals surface area contributed by atoms with Gasteiger partial charge in [-0.3, -0.25) is 9.59 Å². The van der Waals surface area contributed by atoms with Crippen molar-refractivity contribution < 1.29 is 14.3 Å². The van der Waals surface area contributed by atoms with Crippen molar-refractivity contribution in [2.75, 3.05) is 12.4 Å². The fourth-order valence-electron chi connectivity index (χ4n) is 2.67. The summed E-state index contributed by atoms with van der Waals surface area (Å²) in [7, 11) is 1.30. The van der Waals surface area contributed by atoms with Gasteiger partial charge in [0.2, 0.25) is 5.91 Å². The van der Waals surface area contributed by atoms with Crippen LogP contribution in [0.5, 0.6) is 0 Å². The molecule has 0 saturated carbocycles. The molecule has 132 valence electrons. The van der Waals surface area contributed by atoms with E-state index in [1.165, 1.54) is 7.11 Å². The Morgan fingerprint density at radius 2 is 1.92 bits per heavy atom. The maximum atomic E-state index is 12.4. The third-order valence-electron chi connectivity index (χ3n) is 4.07. The van der Waals surface area contributed by atoms with Crippen LogP contribution in [-0.4, -0.2) is 28.8 Å². The lowest BCUT2D eigenvalue weighted by Crippen LogP contribution is -2.29. The maximum Gasteiger partial charge on any atom is 0.338 e. The second-order valence-corrected chi connectivity index (χ2v) is 5.71. The van der Waals surface area contributed by atoms with E-state index in [0.717, 1.165) is 10.1 Å². The number of fused-ring (bicyclic) bond motifs is 1. The van der Waals surface area contributed by atoms with Crippen LogP contribution >= 0.6 is 0 Å². The Bertz CT molecular complexity index is 1060. The lowest BCUT2D eigenvalue weighted by atomic mass is 10.1. The van der Waals surface area contributed by atoms with Gasteiger partial charge in [0.25, 0.3) is 5.56 Å².